The van der Waals surface area contributed by atoms with E-state index in [9.17, 15) is 0 Å². The van der Waals surface area contributed by atoms with E-state index in [0.717, 1.165) is 0 Å². The number of hydrogen-bond donors (Lipinski definition) is 0. The van der Waals surface area contributed by atoms with E-state index < -0.39 is 0 Å². The molecule has 0 radical (unpaired) electrons. The second-order valence-electron chi connectivity index (χ2n) is 17.3. The van der Waals surface area contributed by atoms with Gasteiger partial charge >= 0.3 is 0 Å². The third-order valence-corrected chi connectivity index (χ3v) is 13.6. The molecule has 0 aliphatic carbocycles. The monoisotopic (exact) mass is 808 g/mol. The maximum absolute atomic E-state index is 2.45. The smallest absolute Gasteiger partial charge is 0.00141 e. The fraction of sp³-hybridized carbons (Fsp3) is 0. The van der Waals surface area contributed by atoms with Gasteiger partial charge in [-0.25, -0.2) is 0 Å². The molecule has 13 rings (SSSR count). The van der Waals surface area contributed by atoms with Gasteiger partial charge in [-0.2, -0.15) is 0 Å². The lowest BCUT2D eigenvalue weighted by atomic mass is 9.83. The van der Waals surface area contributed by atoms with Crippen molar-refractivity contribution in [3.05, 3.63) is 243 Å². The zero-order valence-electron chi connectivity index (χ0n) is 35.1. The van der Waals surface area contributed by atoms with Gasteiger partial charge in [-0.05, 0) is 174 Å². The Morgan fingerprint density at radius 3 is 0.938 bits per heavy atom. The standard InChI is InChI=1S/C64H40/c1-4-13-45-34-51(25-22-41(45)10-1)48-16-7-19-54(37-48)57-30-28-44-29-31-59-61(55-20-8-17-49(38-55)52-26-23-42-11-2-5-14-46(42)35-52)40-62(60-33-32-58(57)63(44)64(59)60)56-21-9-18-50(39-56)53-27-24-43-12-3-6-15-47(43)36-53/h1-40H. The fourth-order valence-corrected chi connectivity index (χ4v) is 10.3. The summed E-state index contributed by atoms with van der Waals surface area (Å²) < 4.78 is 0. The summed E-state index contributed by atoms with van der Waals surface area (Å²) in [6.07, 6.45) is 0. The second kappa shape index (κ2) is 14.7. The summed E-state index contributed by atoms with van der Waals surface area (Å²) in [4.78, 5) is 0. The van der Waals surface area contributed by atoms with Crippen molar-refractivity contribution in [3.8, 4) is 66.8 Å². The molecule has 0 saturated carbocycles. The molecule has 0 unspecified atom stereocenters. The number of hydrogen-bond acceptors (Lipinski definition) is 0. The predicted molar refractivity (Wildman–Crippen MR) is 275 cm³/mol. The summed E-state index contributed by atoms with van der Waals surface area (Å²) in [5, 5.41) is 15.2. The summed E-state index contributed by atoms with van der Waals surface area (Å²) in [6.45, 7) is 0. The van der Waals surface area contributed by atoms with Gasteiger partial charge in [-0.3, -0.25) is 0 Å². The minimum absolute atomic E-state index is 1.21. The summed E-state index contributed by atoms with van der Waals surface area (Å²) in [6, 6.07) is 90.2. The molecule has 0 aliphatic heterocycles. The molecular formula is C64H40. The Labute approximate surface area is 372 Å². The van der Waals surface area contributed by atoms with Crippen LogP contribution in [0.15, 0.2) is 243 Å². The van der Waals surface area contributed by atoms with Crippen LogP contribution in [-0.4, -0.2) is 0 Å². The molecule has 13 aromatic rings. The average molecular weight is 809 g/mol. The Balaban J connectivity index is 1.03. The molecule has 0 heterocycles. The Hall–Kier alpha value is -8.32. The highest BCUT2D eigenvalue weighted by Crippen LogP contribution is 2.47. The van der Waals surface area contributed by atoms with Gasteiger partial charge in [0.15, 0.2) is 0 Å². The van der Waals surface area contributed by atoms with E-state index in [0.29, 0.717) is 0 Å². The van der Waals surface area contributed by atoms with E-state index in [1.165, 1.54) is 131 Å². The van der Waals surface area contributed by atoms with E-state index >= 15 is 0 Å². The van der Waals surface area contributed by atoms with Crippen LogP contribution in [0, 0.1) is 0 Å². The molecule has 13 aromatic carbocycles. The summed E-state index contributed by atoms with van der Waals surface area (Å²) in [5.41, 5.74) is 14.7. The van der Waals surface area contributed by atoms with Crippen LogP contribution in [0.1, 0.15) is 0 Å². The lowest BCUT2D eigenvalue weighted by molar-refractivity contribution is 1.60. The third-order valence-electron chi connectivity index (χ3n) is 13.6. The van der Waals surface area contributed by atoms with Crippen molar-refractivity contribution in [1.29, 1.82) is 0 Å². The molecule has 0 bridgehead atoms. The fourth-order valence-electron chi connectivity index (χ4n) is 10.3. The van der Waals surface area contributed by atoms with E-state index in [4.69, 9.17) is 0 Å². The maximum atomic E-state index is 2.45. The molecule has 0 amide bonds. The first kappa shape index (κ1) is 36.3. The molecule has 0 spiro atoms. The third kappa shape index (κ3) is 6.07. The van der Waals surface area contributed by atoms with E-state index in [2.05, 4.69) is 243 Å². The number of rotatable bonds is 6. The summed E-state index contributed by atoms with van der Waals surface area (Å²) in [7, 11) is 0. The Bertz CT molecular complexity index is 3820. The van der Waals surface area contributed by atoms with Crippen LogP contribution in [0.2, 0.25) is 0 Å². The zero-order valence-corrected chi connectivity index (χ0v) is 35.1. The van der Waals surface area contributed by atoms with Gasteiger partial charge in [-0.15, -0.1) is 0 Å². The molecule has 0 nitrogen and oxygen atoms in total. The zero-order chi connectivity index (χ0) is 42.1. The van der Waals surface area contributed by atoms with Crippen molar-refractivity contribution in [2.45, 2.75) is 0 Å². The van der Waals surface area contributed by atoms with Crippen LogP contribution >= 0.6 is 0 Å². The molecule has 0 atom stereocenters. The van der Waals surface area contributed by atoms with Crippen molar-refractivity contribution in [3.63, 3.8) is 0 Å². The molecule has 296 valence electrons. The Morgan fingerprint density at radius 2 is 0.484 bits per heavy atom. The minimum Gasteiger partial charge on any atom is -0.0616 e. The average Bonchev–Trinajstić information content (AvgIpc) is 3.37. The highest BCUT2D eigenvalue weighted by molar-refractivity contribution is 6.30. The van der Waals surface area contributed by atoms with Crippen LogP contribution in [0.5, 0.6) is 0 Å². The van der Waals surface area contributed by atoms with Crippen LogP contribution in [0.25, 0.3) is 131 Å². The highest BCUT2D eigenvalue weighted by atomic mass is 14.2. The first-order valence-electron chi connectivity index (χ1n) is 22.2. The quantitative estimate of drug-likeness (QED) is 0.147. The van der Waals surface area contributed by atoms with E-state index in [1.807, 2.05) is 0 Å². The minimum atomic E-state index is 1.21. The summed E-state index contributed by atoms with van der Waals surface area (Å²) in [5.74, 6) is 0. The van der Waals surface area contributed by atoms with Gasteiger partial charge in [0.25, 0.3) is 0 Å². The van der Waals surface area contributed by atoms with Gasteiger partial charge in [0.05, 0.1) is 0 Å². The lowest BCUT2D eigenvalue weighted by Gasteiger charge is -2.20. The lowest BCUT2D eigenvalue weighted by Crippen LogP contribution is -1.93. The van der Waals surface area contributed by atoms with Gasteiger partial charge in [0, 0.05) is 0 Å². The Morgan fingerprint density at radius 1 is 0.156 bits per heavy atom. The maximum Gasteiger partial charge on any atom is -0.00141 e. The molecule has 64 heavy (non-hydrogen) atoms. The molecule has 0 N–H and O–H groups in total. The molecule has 0 fully saturated rings. The van der Waals surface area contributed by atoms with Gasteiger partial charge in [0.2, 0.25) is 0 Å². The van der Waals surface area contributed by atoms with Crippen LogP contribution in [0.3, 0.4) is 0 Å². The topological polar surface area (TPSA) is 0 Å². The molecule has 0 saturated heterocycles. The van der Waals surface area contributed by atoms with Gasteiger partial charge < -0.3 is 0 Å². The second-order valence-corrected chi connectivity index (χ2v) is 17.3. The first-order chi connectivity index (χ1) is 31.7. The number of fused-ring (bicyclic) bond motifs is 3. The van der Waals surface area contributed by atoms with Gasteiger partial charge in [0.1, 0.15) is 0 Å². The molecular weight excluding hydrogens is 769 g/mol. The Kier molecular flexibility index (Phi) is 8.32. The molecule has 0 aromatic heterocycles. The predicted octanol–water partition coefficient (Wildman–Crippen LogP) is 18.0. The van der Waals surface area contributed by atoms with Crippen molar-refractivity contribution in [2.75, 3.05) is 0 Å². The largest absolute Gasteiger partial charge is 0.0616 e. The number of benzene rings is 13. The van der Waals surface area contributed by atoms with E-state index in [1.54, 1.807) is 0 Å². The summed E-state index contributed by atoms with van der Waals surface area (Å²) >= 11 is 0. The van der Waals surface area contributed by atoms with Gasteiger partial charge in [-0.1, -0.05) is 200 Å². The first-order valence-corrected chi connectivity index (χ1v) is 22.2. The van der Waals surface area contributed by atoms with Crippen LogP contribution in [0.4, 0.5) is 0 Å². The van der Waals surface area contributed by atoms with Crippen molar-refractivity contribution < 1.29 is 0 Å². The SMILES string of the molecule is c1cc(-c2ccc3ccccc3c2)cc(-c2ccc3ccc4c(-c5cccc(-c6ccc7ccccc7c6)c5)cc(-c5cccc(-c6ccc7ccccc7c6)c5)c5ccc2c3c45)c1. The van der Waals surface area contributed by atoms with Crippen molar-refractivity contribution >= 4 is 64.6 Å². The van der Waals surface area contributed by atoms with Crippen LogP contribution in [-0.2, 0) is 0 Å². The van der Waals surface area contributed by atoms with E-state index in [-0.39, 0.29) is 0 Å². The highest BCUT2D eigenvalue weighted by Gasteiger charge is 2.20. The van der Waals surface area contributed by atoms with Crippen LogP contribution < -0.4 is 0 Å². The molecule has 0 heteroatoms. The molecule has 0 aliphatic rings. The normalized spacial score (nSPS) is 11.8. The van der Waals surface area contributed by atoms with Crippen molar-refractivity contribution in [1.82, 2.24) is 0 Å². The van der Waals surface area contributed by atoms with Crippen molar-refractivity contribution in [2.24, 2.45) is 0 Å².